The number of rotatable bonds is 2. The van der Waals surface area contributed by atoms with Crippen LogP contribution in [0.5, 0.6) is 0 Å². The lowest BCUT2D eigenvalue weighted by atomic mass is 9.85. The maximum Gasteiger partial charge on any atom is 0.204 e. The van der Waals surface area contributed by atoms with Crippen molar-refractivity contribution in [2.45, 2.75) is 25.3 Å². The second-order valence-corrected chi connectivity index (χ2v) is 5.71. The van der Waals surface area contributed by atoms with Crippen LogP contribution in [0.4, 0.5) is 0 Å². The summed E-state index contributed by atoms with van der Waals surface area (Å²) in [5.74, 6) is -0.249. The summed E-state index contributed by atoms with van der Waals surface area (Å²) in [5.41, 5.74) is -0.0291. The zero-order chi connectivity index (χ0) is 11.7. The molecule has 1 aromatic carbocycles. The maximum absolute atomic E-state index is 12.0. The number of Topliss-reactive ketones (excluding diaryl/α,β-unsaturated/α-hetero) is 1. The van der Waals surface area contributed by atoms with E-state index in [2.05, 4.69) is 15.9 Å². The Morgan fingerprint density at radius 1 is 1.20 bits per heavy atom. The fraction of sp³-hybridized carbons (Fsp3) is 0.417. The predicted molar refractivity (Wildman–Crippen MR) is 63.7 cm³/mol. The lowest BCUT2D eigenvalue weighted by Gasteiger charge is -2.28. The first-order valence-electron chi connectivity index (χ1n) is 4.78. The van der Waals surface area contributed by atoms with Gasteiger partial charge in [0.1, 0.15) is 0 Å². The SMILES string of the molecule is CC(C)(C)C(=O)C(O)(Br)c1ccccc1. The van der Waals surface area contributed by atoms with E-state index in [9.17, 15) is 9.90 Å². The van der Waals surface area contributed by atoms with Crippen LogP contribution < -0.4 is 0 Å². The van der Waals surface area contributed by atoms with Crippen molar-refractivity contribution in [1.82, 2.24) is 0 Å². The Morgan fingerprint density at radius 3 is 2.07 bits per heavy atom. The Kier molecular flexibility index (Phi) is 3.36. The molecule has 15 heavy (non-hydrogen) atoms. The molecule has 1 atom stereocenters. The number of hydrogen-bond donors (Lipinski definition) is 1. The zero-order valence-electron chi connectivity index (χ0n) is 9.12. The van der Waals surface area contributed by atoms with Crippen LogP contribution in [0.25, 0.3) is 0 Å². The molecule has 82 valence electrons. The summed E-state index contributed by atoms with van der Waals surface area (Å²) < 4.78 is -1.59. The molecule has 0 saturated carbocycles. The van der Waals surface area contributed by atoms with Gasteiger partial charge >= 0.3 is 0 Å². The number of hydrogen-bond acceptors (Lipinski definition) is 2. The van der Waals surface area contributed by atoms with Crippen molar-refractivity contribution < 1.29 is 9.90 Å². The van der Waals surface area contributed by atoms with Gasteiger partial charge in [0.2, 0.25) is 4.51 Å². The lowest BCUT2D eigenvalue weighted by molar-refractivity contribution is -0.137. The highest BCUT2D eigenvalue weighted by Gasteiger charge is 2.41. The van der Waals surface area contributed by atoms with E-state index in [-0.39, 0.29) is 5.78 Å². The molecule has 0 aliphatic heterocycles. The van der Waals surface area contributed by atoms with Gasteiger partial charge in [0.05, 0.1) is 0 Å². The van der Waals surface area contributed by atoms with Gasteiger partial charge in [-0.2, -0.15) is 0 Å². The highest BCUT2D eigenvalue weighted by atomic mass is 79.9. The number of benzene rings is 1. The standard InChI is InChI=1S/C12H15BrO2/c1-11(2,3)10(14)12(13,15)9-7-5-4-6-8-9/h4-8,15H,1-3H3. The molecule has 0 aliphatic carbocycles. The highest BCUT2D eigenvalue weighted by Crippen LogP contribution is 2.35. The Labute approximate surface area is 98.4 Å². The van der Waals surface area contributed by atoms with E-state index in [0.717, 1.165) is 0 Å². The minimum absolute atomic E-state index is 0.249. The van der Waals surface area contributed by atoms with Crippen molar-refractivity contribution in [2.24, 2.45) is 5.41 Å². The van der Waals surface area contributed by atoms with Gasteiger partial charge < -0.3 is 5.11 Å². The van der Waals surface area contributed by atoms with Crippen molar-refractivity contribution in [1.29, 1.82) is 0 Å². The Balaban J connectivity index is 3.09. The molecule has 1 aromatic rings. The van der Waals surface area contributed by atoms with E-state index < -0.39 is 9.93 Å². The number of carbonyl (C=O) groups is 1. The second-order valence-electron chi connectivity index (χ2n) is 4.57. The van der Waals surface area contributed by atoms with E-state index >= 15 is 0 Å². The summed E-state index contributed by atoms with van der Waals surface area (Å²) in [6.45, 7) is 5.35. The third kappa shape index (κ3) is 2.67. The van der Waals surface area contributed by atoms with Gasteiger partial charge in [-0.1, -0.05) is 51.1 Å². The molecule has 1 unspecified atom stereocenters. The molecule has 0 heterocycles. The first kappa shape index (κ1) is 12.4. The first-order valence-corrected chi connectivity index (χ1v) is 5.57. The van der Waals surface area contributed by atoms with Gasteiger partial charge in [-0.3, -0.25) is 4.79 Å². The maximum atomic E-state index is 12.0. The number of alkyl halides is 1. The third-order valence-electron chi connectivity index (χ3n) is 2.14. The van der Waals surface area contributed by atoms with E-state index in [4.69, 9.17) is 0 Å². The predicted octanol–water partition coefficient (Wildman–Crippen LogP) is 2.84. The van der Waals surface area contributed by atoms with Gasteiger partial charge in [0, 0.05) is 11.0 Å². The average molecular weight is 271 g/mol. The van der Waals surface area contributed by atoms with Crippen LogP contribution in [0.15, 0.2) is 30.3 Å². The number of halogens is 1. The van der Waals surface area contributed by atoms with Crippen LogP contribution in [0, 0.1) is 5.41 Å². The summed E-state index contributed by atoms with van der Waals surface area (Å²) in [7, 11) is 0. The van der Waals surface area contributed by atoms with Gasteiger partial charge in [-0.25, -0.2) is 0 Å². The first-order chi connectivity index (χ1) is 6.76. The summed E-state index contributed by atoms with van der Waals surface area (Å²) in [6, 6.07) is 8.86. The van der Waals surface area contributed by atoms with Gasteiger partial charge in [-0.15, -0.1) is 0 Å². The monoisotopic (exact) mass is 270 g/mol. The summed E-state index contributed by atoms with van der Waals surface area (Å²) in [4.78, 5) is 12.0. The normalized spacial score (nSPS) is 15.8. The Hall–Kier alpha value is -0.670. The molecule has 3 heteroatoms. The van der Waals surface area contributed by atoms with Crippen molar-refractivity contribution in [3.63, 3.8) is 0 Å². The van der Waals surface area contributed by atoms with E-state index in [1.54, 1.807) is 45.0 Å². The Morgan fingerprint density at radius 2 is 1.67 bits per heavy atom. The van der Waals surface area contributed by atoms with Crippen LogP contribution in [0.2, 0.25) is 0 Å². The van der Waals surface area contributed by atoms with Crippen molar-refractivity contribution in [3.05, 3.63) is 35.9 Å². The molecule has 0 saturated heterocycles. The van der Waals surface area contributed by atoms with Crippen LogP contribution >= 0.6 is 15.9 Å². The molecule has 0 radical (unpaired) electrons. The average Bonchev–Trinajstić information content (AvgIpc) is 2.16. The minimum Gasteiger partial charge on any atom is -0.368 e. The van der Waals surface area contributed by atoms with Crippen molar-refractivity contribution in [3.8, 4) is 0 Å². The summed E-state index contributed by atoms with van der Waals surface area (Å²) in [6.07, 6.45) is 0. The van der Waals surface area contributed by atoms with Gasteiger partial charge in [0.15, 0.2) is 5.78 Å². The topological polar surface area (TPSA) is 37.3 Å². The quantitative estimate of drug-likeness (QED) is 0.840. The molecule has 0 bridgehead atoms. The van der Waals surface area contributed by atoms with Crippen LogP contribution in [0.1, 0.15) is 26.3 Å². The molecule has 0 amide bonds. The molecule has 1 rings (SSSR count). The van der Waals surface area contributed by atoms with Crippen LogP contribution in [0.3, 0.4) is 0 Å². The van der Waals surface area contributed by atoms with Gasteiger partial charge in [0.25, 0.3) is 0 Å². The molecular formula is C12H15BrO2. The van der Waals surface area contributed by atoms with E-state index in [0.29, 0.717) is 5.56 Å². The molecule has 0 aliphatic rings. The molecule has 0 aromatic heterocycles. The smallest absolute Gasteiger partial charge is 0.204 e. The largest absolute Gasteiger partial charge is 0.368 e. The number of aliphatic hydroxyl groups is 1. The molecular weight excluding hydrogens is 256 g/mol. The number of ketones is 1. The van der Waals surface area contributed by atoms with E-state index in [1.165, 1.54) is 0 Å². The van der Waals surface area contributed by atoms with Gasteiger partial charge in [-0.05, 0) is 15.9 Å². The second kappa shape index (κ2) is 4.06. The fourth-order valence-corrected chi connectivity index (χ4v) is 2.15. The van der Waals surface area contributed by atoms with Crippen molar-refractivity contribution in [2.75, 3.05) is 0 Å². The fourth-order valence-electron chi connectivity index (χ4n) is 1.29. The van der Waals surface area contributed by atoms with E-state index in [1.807, 2.05) is 6.07 Å². The lowest BCUT2D eigenvalue weighted by Crippen LogP contribution is -2.38. The zero-order valence-corrected chi connectivity index (χ0v) is 10.7. The minimum atomic E-state index is -1.59. The number of carbonyl (C=O) groups excluding carboxylic acids is 1. The molecule has 1 N–H and O–H groups in total. The molecule has 2 nitrogen and oxygen atoms in total. The van der Waals surface area contributed by atoms with Crippen LogP contribution in [-0.4, -0.2) is 10.9 Å². The summed E-state index contributed by atoms with van der Waals surface area (Å²) in [5, 5.41) is 10.2. The highest BCUT2D eigenvalue weighted by molar-refractivity contribution is 9.10. The third-order valence-corrected chi connectivity index (χ3v) is 2.96. The Bertz CT molecular complexity index is 350. The van der Waals surface area contributed by atoms with Crippen molar-refractivity contribution >= 4 is 21.7 Å². The van der Waals surface area contributed by atoms with Crippen LogP contribution in [-0.2, 0) is 9.30 Å². The molecule has 0 fully saturated rings. The molecule has 0 spiro atoms. The summed E-state index contributed by atoms with van der Waals surface area (Å²) >= 11 is 3.10.